The minimum absolute atomic E-state index is 0.0755. The Kier molecular flexibility index (Phi) is 6.14. The quantitative estimate of drug-likeness (QED) is 0.559. The van der Waals surface area contributed by atoms with E-state index in [1.807, 2.05) is 53.7 Å². The van der Waals surface area contributed by atoms with Crippen LogP contribution in [-0.2, 0) is 21.4 Å². The SMILES string of the molecule is CCNC(=O)[C@@H]1N=C(C23CC(N(Cc4ccc(Cl)cc4)S(=O)(=O)CC(C)(C)C)(C2)C3)NC1(C)C. The summed E-state index contributed by atoms with van der Waals surface area (Å²) in [5.74, 6) is 0.872. The van der Waals surface area contributed by atoms with Crippen LogP contribution in [0.15, 0.2) is 29.3 Å². The number of halogens is 1. The van der Waals surface area contributed by atoms with Crippen molar-refractivity contribution in [2.75, 3.05) is 12.3 Å². The highest BCUT2D eigenvalue weighted by atomic mass is 35.5. The first-order chi connectivity index (χ1) is 15.6. The van der Waals surface area contributed by atoms with Gasteiger partial charge in [-0.25, -0.2) is 8.42 Å². The van der Waals surface area contributed by atoms with E-state index in [1.165, 1.54) is 0 Å². The number of hydrogen-bond donors (Lipinski definition) is 2. The fourth-order valence-electron chi connectivity index (χ4n) is 5.81. The first-order valence-electron chi connectivity index (χ1n) is 12.0. The number of amides is 1. The molecule has 9 heteroatoms. The fourth-order valence-corrected chi connectivity index (χ4v) is 8.32. The normalized spacial score (nSPS) is 29.6. The minimum Gasteiger partial charge on any atom is -0.366 e. The molecule has 0 radical (unpaired) electrons. The number of aliphatic imine (C=N–C) groups is 1. The molecule has 0 saturated heterocycles. The maximum atomic E-state index is 13.6. The second-order valence-corrected chi connectivity index (χ2v) is 14.4. The van der Waals surface area contributed by atoms with Gasteiger partial charge in [-0.05, 0) is 63.1 Å². The summed E-state index contributed by atoms with van der Waals surface area (Å²) in [6.45, 7) is 12.6. The molecule has 34 heavy (non-hydrogen) atoms. The lowest BCUT2D eigenvalue weighted by molar-refractivity contribution is -0.151. The zero-order valence-electron chi connectivity index (χ0n) is 21.0. The third-order valence-electron chi connectivity index (χ3n) is 7.21. The number of sulfonamides is 1. The Bertz CT molecular complexity index is 1090. The van der Waals surface area contributed by atoms with E-state index < -0.39 is 27.1 Å². The van der Waals surface area contributed by atoms with Gasteiger partial charge >= 0.3 is 0 Å². The van der Waals surface area contributed by atoms with Gasteiger partial charge in [0.05, 0.1) is 11.3 Å². The van der Waals surface area contributed by atoms with E-state index in [0.29, 0.717) is 18.1 Å². The molecule has 2 bridgehead atoms. The lowest BCUT2D eigenvalue weighted by Gasteiger charge is -2.73. The molecule has 3 saturated carbocycles. The number of rotatable bonds is 8. The number of amidine groups is 1. The van der Waals surface area contributed by atoms with E-state index in [4.69, 9.17) is 16.6 Å². The van der Waals surface area contributed by atoms with Crippen LogP contribution < -0.4 is 10.6 Å². The summed E-state index contributed by atoms with van der Waals surface area (Å²) in [4.78, 5) is 17.4. The smallest absolute Gasteiger partial charge is 0.247 e. The average molecular weight is 509 g/mol. The predicted octanol–water partition coefficient (Wildman–Crippen LogP) is 3.73. The lowest BCUT2D eigenvalue weighted by Crippen LogP contribution is -2.79. The molecule has 1 amide bonds. The van der Waals surface area contributed by atoms with Crippen molar-refractivity contribution in [1.29, 1.82) is 0 Å². The van der Waals surface area contributed by atoms with Crippen molar-refractivity contribution in [3.8, 4) is 0 Å². The van der Waals surface area contributed by atoms with Crippen LogP contribution in [0, 0.1) is 10.8 Å². The zero-order valence-corrected chi connectivity index (χ0v) is 22.6. The molecular weight excluding hydrogens is 472 g/mol. The van der Waals surface area contributed by atoms with E-state index in [-0.39, 0.29) is 22.5 Å². The summed E-state index contributed by atoms with van der Waals surface area (Å²) < 4.78 is 29.0. The monoisotopic (exact) mass is 508 g/mol. The standard InChI is InChI=1S/C25H37ClN4O3S/c1-7-27-20(31)19-23(5,6)29-21(28-19)24-13-25(14-24,15-24)30(34(32,33)16-22(2,3)4)12-17-8-10-18(26)11-9-17/h8-11,19H,7,12-16H2,1-6H3,(H,27,31)(H,28,29)/t19-,24?,25?/m0/s1. The summed E-state index contributed by atoms with van der Waals surface area (Å²) in [6.07, 6.45) is 2.17. The Morgan fingerprint density at radius 2 is 1.79 bits per heavy atom. The Morgan fingerprint density at radius 3 is 2.32 bits per heavy atom. The van der Waals surface area contributed by atoms with Crippen molar-refractivity contribution in [1.82, 2.24) is 14.9 Å². The summed E-state index contributed by atoms with van der Waals surface area (Å²) in [5.41, 5.74) is -0.470. The van der Waals surface area contributed by atoms with Crippen molar-refractivity contribution in [2.24, 2.45) is 15.8 Å². The maximum absolute atomic E-state index is 13.6. The van der Waals surface area contributed by atoms with Crippen LogP contribution in [0.2, 0.25) is 5.02 Å². The second kappa shape index (κ2) is 8.20. The molecule has 1 aromatic rings. The molecule has 0 aromatic heterocycles. The fraction of sp³-hybridized carbons (Fsp3) is 0.680. The van der Waals surface area contributed by atoms with Crippen LogP contribution >= 0.6 is 11.6 Å². The number of carbonyl (C=O) groups excluding carboxylic acids is 1. The number of nitrogens with zero attached hydrogens (tertiary/aromatic N) is 2. The van der Waals surface area contributed by atoms with E-state index in [1.54, 1.807) is 16.4 Å². The summed E-state index contributed by atoms with van der Waals surface area (Å²) >= 11 is 6.05. The molecule has 4 aliphatic rings. The van der Waals surface area contributed by atoms with Crippen LogP contribution in [0.5, 0.6) is 0 Å². The minimum atomic E-state index is -3.50. The number of benzene rings is 1. The van der Waals surface area contributed by atoms with Crippen LogP contribution in [0.25, 0.3) is 0 Å². The molecule has 3 fully saturated rings. The van der Waals surface area contributed by atoms with Gasteiger partial charge in [0.25, 0.3) is 0 Å². The van der Waals surface area contributed by atoms with E-state index >= 15 is 0 Å². The van der Waals surface area contributed by atoms with Crippen molar-refractivity contribution in [3.05, 3.63) is 34.9 Å². The highest BCUT2D eigenvalue weighted by Gasteiger charge is 2.75. The molecule has 0 spiro atoms. The molecule has 1 aromatic carbocycles. The van der Waals surface area contributed by atoms with Gasteiger partial charge in [-0.1, -0.05) is 44.5 Å². The van der Waals surface area contributed by atoms with Crippen molar-refractivity contribution >= 4 is 33.4 Å². The Hall–Kier alpha value is -1.64. The van der Waals surface area contributed by atoms with E-state index in [0.717, 1.165) is 30.7 Å². The van der Waals surface area contributed by atoms with Gasteiger partial charge in [0.2, 0.25) is 15.9 Å². The molecule has 1 aliphatic heterocycles. The van der Waals surface area contributed by atoms with E-state index in [9.17, 15) is 13.2 Å². The van der Waals surface area contributed by atoms with Gasteiger partial charge in [0, 0.05) is 29.1 Å². The number of nitrogens with one attached hydrogen (secondary N) is 2. The molecule has 7 nitrogen and oxygen atoms in total. The second-order valence-electron chi connectivity index (χ2n) is 12.1. The Balaban J connectivity index is 1.57. The van der Waals surface area contributed by atoms with Gasteiger partial charge in [0.1, 0.15) is 5.84 Å². The molecule has 3 aliphatic carbocycles. The number of likely N-dealkylation sites (N-methyl/N-ethyl adjacent to an activating group) is 1. The van der Waals surface area contributed by atoms with Crippen molar-refractivity contribution in [2.45, 2.75) is 84.5 Å². The van der Waals surface area contributed by atoms with Crippen LogP contribution in [0.3, 0.4) is 0 Å². The maximum Gasteiger partial charge on any atom is 0.247 e. The summed E-state index contributed by atoms with van der Waals surface area (Å²) in [5, 5.41) is 7.01. The topological polar surface area (TPSA) is 90.9 Å². The average Bonchev–Trinajstić information content (AvgIpc) is 2.94. The van der Waals surface area contributed by atoms with Gasteiger partial charge in [-0.2, -0.15) is 4.31 Å². The summed E-state index contributed by atoms with van der Waals surface area (Å²) in [7, 11) is -3.50. The first-order valence-corrected chi connectivity index (χ1v) is 14.0. The van der Waals surface area contributed by atoms with Crippen LogP contribution in [0.4, 0.5) is 0 Å². The molecule has 188 valence electrons. The Morgan fingerprint density at radius 1 is 1.21 bits per heavy atom. The largest absolute Gasteiger partial charge is 0.366 e. The van der Waals surface area contributed by atoms with Crippen molar-refractivity contribution < 1.29 is 13.2 Å². The van der Waals surface area contributed by atoms with Crippen LogP contribution in [0.1, 0.15) is 66.4 Å². The van der Waals surface area contributed by atoms with Gasteiger partial charge in [0.15, 0.2) is 6.04 Å². The van der Waals surface area contributed by atoms with Gasteiger partial charge < -0.3 is 10.6 Å². The Labute approximate surface area is 208 Å². The number of carbonyl (C=O) groups is 1. The molecular formula is C25H37ClN4O3S. The van der Waals surface area contributed by atoms with Crippen LogP contribution in [-0.4, -0.2) is 53.9 Å². The zero-order chi connectivity index (χ0) is 25.2. The first kappa shape index (κ1) is 25.5. The molecule has 0 unspecified atom stereocenters. The lowest BCUT2D eigenvalue weighted by atomic mass is 9.38. The number of hydrogen-bond acceptors (Lipinski definition) is 5. The van der Waals surface area contributed by atoms with Gasteiger partial charge in [-0.3, -0.25) is 9.79 Å². The predicted molar refractivity (Wildman–Crippen MR) is 136 cm³/mol. The third kappa shape index (κ3) is 4.49. The van der Waals surface area contributed by atoms with E-state index in [2.05, 4.69) is 10.6 Å². The summed E-state index contributed by atoms with van der Waals surface area (Å²) in [6, 6.07) is 6.91. The molecule has 1 heterocycles. The van der Waals surface area contributed by atoms with Crippen molar-refractivity contribution in [3.63, 3.8) is 0 Å². The highest BCUT2D eigenvalue weighted by molar-refractivity contribution is 7.89. The molecule has 2 N–H and O–H groups in total. The highest BCUT2D eigenvalue weighted by Crippen LogP contribution is 2.71. The molecule has 5 rings (SSSR count). The van der Waals surface area contributed by atoms with Gasteiger partial charge in [-0.15, -0.1) is 0 Å². The third-order valence-corrected chi connectivity index (χ3v) is 9.88. The molecule has 1 atom stereocenters.